The first kappa shape index (κ1) is 14.1. The molecule has 0 unspecified atom stereocenters. The van der Waals surface area contributed by atoms with Gasteiger partial charge in [-0.25, -0.2) is 4.68 Å². The lowest BCUT2D eigenvalue weighted by atomic mass is 10.1. The Kier molecular flexibility index (Phi) is 3.65. The Morgan fingerprint density at radius 2 is 1.96 bits per heavy atom. The molecular formula is C17H20N6. The van der Waals surface area contributed by atoms with Gasteiger partial charge in [-0.2, -0.15) is 5.10 Å². The van der Waals surface area contributed by atoms with E-state index in [2.05, 4.69) is 51.5 Å². The molecule has 1 aromatic carbocycles. The normalized spacial score (nSPS) is 15.3. The molecule has 1 aliphatic carbocycles. The highest BCUT2D eigenvalue weighted by atomic mass is 15.5. The number of hydrogen-bond acceptors (Lipinski definition) is 4. The van der Waals surface area contributed by atoms with Crippen LogP contribution in [0, 0.1) is 6.92 Å². The first-order chi connectivity index (χ1) is 11.3. The monoisotopic (exact) mass is 308 g/mol. The zero-order valence-electron chi connectivity index (χ0n) is 13.3. The zero-order chi connectivity index (χ0) is 15.6. The lowest BCUT2D eigenvalue weighted by Gasteiger charge is -2.09. The van der Waals surface area contributed by atoms with Crippen LogP contribution in [-0.2, 0) is 6.54 Å². The van der Waals surface area contributed by atoms with Crippen LogP contribution in [0.2, 0.25) is 0 Å². The molecule has 118 valence electrons. The van der Waals surface area contributed by atoms with Gasteiger partial charge in [-0.15, -0.1) is 5.10 Å². The Labute approximate surface area is 135 Å². The third-order valence-electron chi connectivity index (χ3n) is 4.59. The molecule has 3 aromatic rings. The number of tetrazole rings is 1. The summed E-state index contributed by atoms with van der Waals surface area (Å²) in [6, 6.07) is 10.8. The van der Waals surface area contributed by atoms with Crippen LogP contribution in [0.4, 0.5) is 0 Å². The third kappa shape index (κ3) is 2.76. The molecule has 0 saturated heterocycles. The summed E-state index contributed by atoms with van der Waals surface area (Å²) in [5.41, 5.74) is 3.23. The van der Waals surface area contributed by atoms with E-state index < -0.39 is 0 Å². The summed E-state index contributed by atoms with van der Waals surface area (Å²) in [5.74, 6) is 0.790. The highest BCUT2D eigenvalue weighted by Crippen LogP contribution is 2.28. The molecule has 2 aromatic heterocycles. The van der Waals surface area contributed by atoms with Gasteiger partial charge >= 0.3 is 0 Å². The maximum atomic E-state index is 4.72. The molecule has 0 spiro atoms. The number of aromatic nitrogens is 6. The van der Waals surface area contributed by atoms with E-state index in [1.807, 2.05) is 16.8 Å². The van der Waals surface area contributed by atoms with Crippen molar-refractivity contribution in [3.05, 3.63) is 47.8 Å². The zero-order valence-corrected chi connectivity index (χ0v) is 13.3. The molecule has 0 N–H and O–H groups in total. The van der Waals surface area contributed by atoms with Gasteiger partial charge in [-0.05, 0) is 41.8 Å². The van der Waals surface area contributed by atoms with Crippen molar-refractivity contribution in [2.75, 3.05) is 0 Å². The summed E-state index contributed by atoms with van der Waals surface area (Å²) in [7, 11) is 0. The van der Waals surface area contributed by atoms with Gasteiger partial charge in [0.2, 0.25) is 0 Å². The Balaban J connectivity index is 1.58. The summed E-state index contributed by atoms with van der Waals surface area (Å²) < 4.78 is 3.93. The first-order valence-electron chi connectivity index (χ1n) is 8.17. The van der Waals surface area contributed by atoms with Gasteiger partial charge in [0, 0.05) is 11.8 Å². The van der Waals surface area contributed by atoms with Gasteiger partial charge in [0.15, 0.2) is 5.82 Å². The molecule has 1 saturated carbocycles. The van der Waals surface area contributed by atoms with Gasteiger partial charge in [0.25, 0.3) is 0 Å². The molecule has 0 radical (unpaired) electrons. The van der Waals surface area contributed by atoms with Crippen molar-refractivity contribution in [1.82, 2.24) is 30.0 Å². The fraction of sp³-hybridized carbons (Fsp3) is 0.412. The number of rotatable bonds is 4. The summed E-state index contributed by atoms with van der Waals surface area (Å²) in [6.07, 6.45) is 7.18. The third-order valence-corrected chi connectivity index (χ3v) is 4.59. The van der Waals surface area contributed by atoms with E-state index >= 15 is 0 Å². The van der Waals surface area contributed by atoms with Gasteiger partial charge < -0.3 is 0 Å². The van der Waals surface area contributed by atoms with Crippen molar-refractivity contribution in [2.45, 2.75) is 45.2 Å². The molecular weight excluding hydrogens is 288 g/mol. The fourth-order valence-electron chi connectivity index (χ4n) is 3.32. The van der Waals surface area contributed by atoms with Crippen molar-refractivity contribution in [3.8, 4) is 11.4 Å². The maximum Gasteiger partial charge on any atom is 0.182 e. The molecule has 6 nitrogen and oxygen atoms in total. The number of hydrogen-bond donors (Lipinski definition) is 0. The highest BCUT2D eigenvalue weighted by molar-refractivity contribution is 5.59. The second-order valence-corrected chi connectivity index (χ2v) is 6.20. The minimum Gasteiger partial charge on any atom is -0.269 e. The van der Waals surface area contributed by atoms with Crippen LogP contribution in [0.1, 0.15) is 43.0 Å². The van der Waals surface area contributed by atoms with E-state index in [1.54, 1.807) is 0 Å². The van der Waals surface area contributed by atoms with Crippen LogP contribution in [-0.4, -0.2) is 30.0 Å². The summed E-state index contributed by atoms with van der Waals surface area (Å²) in [5, 5.41) is 16.9. The number of nitrogens with zero attached hydrogens (tertiary/aromatic N) is 6. The first-order valence-corrected chi connectivity index (χ1v) is 8.17. The van der Waals surface area contributed by atoms with Crippen molar-refractivity contribution >= 4 is 0 Å². The molecule has 2 heterocycles. The van der Waals surface area contributed by atoms with E-state index in [9.17, 15) is 0 Å². The smallest absolute Gasteiger partial charge is 0.182 e. The van der Waals surface area contributed by atoms with Gasteiger partial charge in [-0.1, -0.05) is 37.1 Å². The lowest BCUT2D eigenvalue weighted by molar-refractivity contribution is 0.460. The minimum atomic E-state index is 0.563. The van der Waals surface area contributed by atoms with Crippen LogP contribution >= 0.6 is 0 Å². The van der Waals surface area contributed by atoms with Crippen LogP contribution in [0.5, 0.6) is 0 Å². The predicted octanol–water partition coefficient (Wildman–Crippen LogP) is 3.01. The van der Waals surface area contributed by atoms with Crippen molar-refractivity contribution in [3.63, 3.8) is 0 Å². The lowest BCUT2D eigenvalue weighted by Crippen LogP contribution is -2.09. The molecule has 6 heteroatoms. The average Bonchev–Trinajstić information content (AvgIpc) is 3.29. The Morgan fingerprint density at radius 1 is 1.13 bits per heavy atom. The van der Waals surface area contributed by atoms with E-state index in [1.165, 1.54) is 31.2 Å². The molecule has 0 atom stereocenters. The van der Waals surface area contributed by atoms with E-state index in [0.29, 0.717) is 12.6 Å². The number of benzene rings is 1. The standard InChI is InChI=1S/C17H20N6/c1-13-6-2-5-9-16(13)17-18-20-21-23(17)12-14-10-11-22(19-14)15-7-3-4-8-15/h2,5-6,9-11,15H,3-4,7-8,12H2,1H3. The summed E-state index contributed by atoms with van der Waals surface area (Å²) in [4.78, 5) is 0. The maximum absolute atomic E-state index is 4.72. The van der Waals surface area contributed by atoms with Crippen LogP contribution in [0.3, 0.4) is 0 Å². The fourth-order valence-corrected chi connectivity index (χ4v) is 3.32. The quantitative estimate of drug-likeness (QED) is 0.743. The predicted molar refractivity (Wildman–Crippen MR) is 86.8 cm³/mol. The van der Waals surface area contributed by atoms with Crippen LogP contribution in [0.15, 0.2) is 36.5 Å². The molecule has 23 heavy (non-hydrogen) atoms. The van der Waals surface area contributed by atoms with Gasteiger partial charge in [-0.3, -0.25) is 4.68 Å². The molecule has 0 bridgehead atoms. The van der Waals surface area contributed by atoms with Crippen molar-refractivity contribution in [2.24, 2.45) is 0 Å². The van der Waals surface area contributed by atoms with Crippen LogP contribution in [0.25, 0.3) is 11.4 Å². The molecule has 4 rings (SSSR count). The van der Waals surface area contributed by atoms with Crippen molar-refractivity contribution in [1.29, 1.82) is 0 Å². The molecule has 1 fully saturated rings. The van der Waals surface area contributed by atoms with Crippen molar-refractivity contribution < 1.29 is 0 Å². The second kappa shape index (κ2) is 5.95. The Bertz CT molecular complexity index is 797. The molecule has 0 aliphatic heterocycles. The molecule has 1 aliphatic rings. The second-order valence-electron chi connectivity index (χ2n) is 6.20. The average molecular weight is 308 g/mol. The van der Waals surface area contributed by atoms with E-state index in [4.69, 9.17) is 5.10 Å². The minimum absolute atomic E-state index is 0.563. The number of aryl methyl sites for hydroxylation is 1. The SMILES string of the molecule is Cc1ccccc1-c1nnnn1Cc1ccn(C2CCCC2)n1. The highest BCUT2D eigenvalue weighted by Gasteiger charge is 2.18. The van der Waals surface area contributed by atoms with E-state index in [-0.39, 0.29) is 0 Å². The van der Waals surface area contributed by atoms with E-state index in [0.717, 1.165) is 17.1 Å². The Morgan fingerprint density at radius 3 is 2.78 bits per heavy atom. The topological polar surface area (TPSA) is 61.4 Å². The van der Waals surface area contributed by atoms with Crippen LogP contribution < -0.4 is 0 Å². The summed E-state index contributed by atoms with van der Waals surface area (Å²) in [6.45, 7) is 2.67. The van der Waals surface area contributed by atoms with Gasteiger partial charge in [0.1, 0.15) is 0 Å². The summed E-state index contributed by atoms with van der Waals surface area (Å²) >= 11 is 0. The largest absolute Gasteiger partial charge is 0.269 e. The van der Waals surface area contributed by atoms with Gasteiger partial charge in [0.05, 0.1) is 18.3 Å². The Hall–Kier alpha value is -2.50. The molecule has 0 amide bonds.